The van der Waals surface area contributed by atoms with Crippen molar-refractivity contribution in [1.82, 2.24) is 4.90 Å². The second-order valence-corrected chi connectivity index (χ2v) is 8.58. The minimum absolute atomic E-state index is 0.0831. The minimum Gasteiger partial charge on any atom is -0.361 e. The molecule has 0 bridgehead atoms. The third kappa shape index (κ3) is 4.70. The summed E-state index contributed by atoms with van der Waals surface area (Å²) in [6.07, 6.45) is 0. The molecule has 1 aliphatic heterocycles. The van der Waals surface area contributed by atoms with Gasteiger partial charge < -0.3 is 4.90 Å². The van der Waals surface area contributed by atoms with Gasteiger partial charge in [-0.25, -0.2) is 0 Å². The van der Waals surface area contributed by atoms with Gasteiger partial charge in [-0.3, -0.25) is 9.69 Å². The van der Waals surface area contributed by atoms with Crippen LogP contribution in [-0.2, 0) is 0 Å². The van der Waals surface area contributed by atoms with Gasteiger partial charge in [-0.05, 0) is 42.3 Å². The molecule has 5 heteroatoms. The van der Waals surface area contributed by atoms with E-state index in [1.165, 1.54) is 0 Å². The maximum atomic E-state index is 12.8. The highest BCUT2D eigenvalue weighted by atomic mass is 35.5. The van der Waals surface area contributed by atoms with Crippen LogP contribution in [0.15, 0.2) is 72.8 Å². The van der Waals surface area contributed by atoms with Crippen LogP contribution in [0.1, 0.15) is 27.5 Å². The molecule has 4 rings (SSSR count). The number of anilines is 1. The van der Waals surface area contributed by atoms with Crippen LogP contribution in [0.2, 0.25) is 10.0 Å². The van der Waals surface area contributed by atoms with E-state index in [-0.39, 0.29) is 11.8 Å². The zero-order chi connectivity index (χ0) is 21.1. The summed E-state index contributed by atoms with van der Waals surface area (Å²) in [5.41, 5.74) is 4.08. The number of nitrogens with zero attached hydrogens (tertiary/aromatic N) is 2. The Morgan fingerprint density at radius 2 is 1.70 bits per heavy atom. The van der Waals surface area contributed by atoms with Crippen molar-refractivity contribution in [3.8, 4) is 0 Å². The molecule has 1 saturated heterocycles. The summed E-state index contributed by atoms with van der Waals surface area (Å²) in [5, 5.41) is 1.47. The number of carbonyl (C=O) groups is 1. The molecule has 0 aromatic heterocycles. The van der Waals surface area contributed by atoms with Crippen LogP contribution in [0, 0.1) is 6.92 Å². The Balaban J connectivity index is 1.60. The number of aryl methyl sites for hydroxylation is 1. The van der Waals surface area contributed by atoms with Gasteiger partial charge >= 0.3 is 0 Å². The molecular weight excluding hydrogens is 415 g/mol. The van der Waals surface area contributed by atoms with Crippen molar-refractivity contribution in [3.63, 3.8) is 0 Å². The summed E-state index contributed by atoms with van der Waals surface area (Å²) >= 11 is 12.7. The Labute approximate surface area is 187 Å². The number of carbonyl (C=O) groups excluding carboxylic acids is 1. The van der Waals surface area contributed by atoms with E-state index >= 15 is 0 Å². The van der Waals surface area contributed by atoms with Gasteiger partial charge in [-0.2, -0.15) is 0 Å². The summed E-state index contributed by atoms with van der Waals surface area (Å²) in [6, 6.07) is 23.7. The fourth-order valence-corrected chi connectivity index (χ4v) is 4.47. The summed E-state index contributed by atoms with van der Waals surface area (Å²) in [7, 11) is 0. The minimum atomic E-state index is 0.0831. The van der Waals surface area contributed by atoms with Crippen LogP contribution in [0.3, 0.4) is 0 Å². The van der Waals surface area contributed by atoms with Gasteiger partial charge in [0.25, 0.3) is 0 Å². The zero-order valence-corrected chi connectivity index (χ0v) is 18.4. The van der Waals surface area contributed by atoms with Gasteiger partial charge in [0.2, 0.25) is 0 Å². The van der Waals surface area contributed by atoms with Crippen molar-refractivity contribution >= 4 is 34.7 Å². The third-order valence-corrected chi connectivity index (χ3v) is 6.15. The number of piperazine rings is 1. The van der Waals surface area contributed by atoms with Gasteiger partial charge in [0, 0.05) is 30.2 Å². The molecule has 1 fully saturated rings. The Morgan fingerprint density at radius 3 is 2.40 bits per heavy atom. The van der Waals surface area contributed by atoms with E-state index in [9.17, 15) is 4.79 Å². The first-order valence-corrected chi connectivity index (χ1v) is 10.9. The van der Waals surface area contributed by atoms with Crippen LogP contribution in [0.4, 0.5) is 5.69 Å². The van der Waals surface area contributed by atoms with E-state index in [2.05, 4.69) is 34.1 Å². The monoisotopic (exact) mass is 438 g/mol. The standard InChI is InChI=1S/C25H24Cl2N2O/c1-18-7-12-23(22(27)15-18)29-14-13-28(17-25(30)20-5-3-2-4-6-20)16-24(29)19-8-10-21(26)11-9-19/h2-12,15,24H,13-14,16-17H2,1H3/t24-/m0/s1. The lowest BCUT2D eigenvalue weighted by Crippen LogP contribution is -2.50. The Bertz CT molecular complexity index is 1020. The Morgan fingerprint density at radius 1 is 0.967 bits per heavy atom. The van der Waals surface area contributed by atoms with Gasteiger partial charge in [-0.15, -0.1) is 0 Å². The predicted molar refractivity (Wildman–Crippen MR) is 125 cm³/mol. The molecule has 0 N–H and O–H groups in total. The van der Waals surface area contributed by atoms with Crippen molar-refractivity contribution < 1.29 is 4.79 Å². The van der Waals surface area contributed by atoms with Crippen LogP contribution >= 0.6 is 23.2 Å². The van der Waals surface area contributed by atoms with Crippen molar-refractivity contribution in [2.24, 2.45) is 0 Å². The predicted octanol–water partition coefficient (Wildman–Crippen LogP) is 6.05. The summed E-state index contributed by atoms with van der Waals surface area (Å²) in [4.78, 5) is 17.3. The molecular formula is C25H24Cl2N2O. The average Bonchev–Trinajstić information content (AvgIpc) is 2.75. The highest BCUT2D eigenvalue weighted by Crippen LogP contribution is 2.36. The zero-order valence-electron chi connectivity index (χ0n) is 16.9. The number of hydrogen-bond acceptors (Lipinski definition) is 3. The quantitative estimate of drug-likeness (QED) is 0.453. The molecule has 30 heavy (non-hydrogen) atoms. The molecule has 0 unspecified atom stereocenters. The molecule has 3 aromatic rings. The number of benzene rings is 3. The van der Waals surface area contributed by atoms with Crippen molar-refractivity contribution in [2.45, 2.75) is 13.0 Å². The molecule has 1 atom stereocenters. The summed E-state index contributed by atoms with van der Waals surface area (Å²) < 4.78 is 0. The smallest absolute Gasteiger partial charge is 0.176 e. The normalized spacial score (nSPS) is 17.2. The highest BCUT2D eigenvalue weighted by Gasteiger charge is 2.30. The average molecular weight is 439 g/mol. The molecule has 0 aliphatic carbocycles. The van der Waals surface area contributed by atoms with Crippen LogP contribution < -0.4 is 4.90 Å². The van der Waals surface area contributed by atoms with E-state index < -0.39 is 0 Å². The van der Waals surface area contributed by atoms with E-state index in [4.69, 9.17) is 23.2 Å². The first-order chi connectivity index (χ1) is 14.5. The van der Waals surface area contributed by atoms with Gasteiger partial charge in [0.1, 0.15) is 0 Å². The molecule has 0 saturated carbocycles. The molecule has 0 spiro atoms. The number of halogens is 2. The lowest BCUT2D eigenvalue weighted by molar-refractivity contribution is 0.0914. The summed E-state index contributed by atoms with van der Waals surface area (Å²) in [5.74, 6) is 0.146. The first kappa shape index (κ1) is 20.9. The number of hydrogen-bond donors (Lipinski definition) is 0. The van der Waals surface area contributed by atoms with E-state index in [0.717, 1.165) is 47.0 Å². The first-order valence-electron chi connectivity index (χ1n) is 10.1. The van der Waals surface area contributed by atoms with Crippen molar-refractivity contribution in [2.75, 3.05) is 31.1 Å². The second-order valence-electron chi connectivity index (χ2n) is 7.74. The lowest BCUT2D eigenvalue weighted by Gasteiger charge is -2.43. The largest absolute Gasteiger partial charge is 0.361 e. The van der Waals surface area contributed by atoms with Gasteiger partial charge in [-0.1, -0.05) is 71.7 Å². The number of ketones is 1. The van der Waals surface area contributed by atoms with Crippen LogP contribution in [0.25, 0.3) is 0 Å². The molecule has 1 aliphatic rings. The number of rotatable bonds is 5. The Hall–Kier alpha value is -2.33. The van der Waals surface area contributed by atoms with E-state index in [1.54, 1.807) is 0 Å². The highest BCUT2D eigenvalue weighted by molar-refractivity contribution is 6.33. The second kappa shape index (κ2) is 9.22. The van der Waals surface area contributed by atoms with Crippen LogP contribution in [0.5, 0.6) is 0 Å². The van der Waals surface area contributed by atoms with Crippen molar-refractivity contribution in [1.29, 1.82) is 0 Å². The van der Waals surface area contributed by atoms with Gasteiger partial charge in [0.15, 0.2) is 5.78 Å². The fraction of sp³-hybridized carbons (Fsp3) is 0.240. The molecule has 1 heterocycles. The third-order valence-electron chi connectivity index (χ3n) is 5.59. The maximum absolute atomic E-state index is 12.8. The molecule has 0 radical (unpaired) electrons. The SMILES string of the molecule is Cc1ccc(N2CCN(CC(=O)c3ccccc3)C[C@H]2c2ccc(Cl)cc2)c(Cl)c1. The fourth-order valence-electron chi connectivity index (χ4n) is 4.00. The van der Waals surface area contributed by atoms with Gasteiger partial charge in [0.05, 0.1) is 23.3 Å². The number of Topliss-reactive ketones (excluding diaryl/α,β-unsaturated/α-hetero) is 1. The maximum Gasteiger partial charge on any atom is 0.176 e. The summed E-state index contributed by atoms with van der Waals surface area (Å²) in [6.45, 7) is 4.78. The van der Waals surface area contributed by atoms with Crippen LogP contribution in [-0.4, -0.2) is 36.9 Å². The Kier molecular flexibility index (Phi) is 6.43. The van der Waals surface area contributed by atoms with E-state index in [1.807, 2.05) is 55.5 Å². The lowest BCUT2D eigenvalue weighted by atomic mass is 10.0. The van der Waals surface area contributed by atoms with Crippen molar-refractivity contribution in [3.05, 3.63) is 99.5 Å². The molecule has 3 aromatic carbocycles. The molecule has 3 nitrogen and oxygen atoms in total. The topological polar surface area (TPSA) is 23.6 Å². The molecule has 0 amide bonds. The van der Waals surface area contributed by atoms with E-state index in [0.29, 0.717) is 11.6 Å². The molecule has 154 valence electrons.